The maximum atomic E-state index is 12.0. The average molecular weight is 253 g/mol. The first-order valence-electron chi connectivity index (χ1n) is 5.94. The van der Waals surface area contributed by atoms with Crippen LogP contribution in [0.2, 0.25) is 5.02 Å². The second kappa shape index (κ2) is 5.52. The number of amides is 1. The number of halogens is 1. The van der Waals surface area contributed by atoms with E-state index in [2.05, 4.69) is 17.6 Å². The summed E-state index contributed by atoms with van der Waals surface area (Å²) in [6.45, 7) is 4.08. The van der Waals surface area contributed by atoms with Crippen molar-refractivity contribution < 1.29 is 4.79 Å². The van der Waals surface area contributed by atoms with E-state index >= 15 is 0 Å². The van der Waals surface area contributed by atoms with Crippen molar-refractivity contribution in [1.29, 1.82) is 0 Å². The van der Waals surface area contributed by atoms with Gasteiger partial charge < -0.3 is 10.6 Å². The third-order valence-corrected chi connectivity index (χ3v) is 3.46. The van der Waals surface area contributed by atoms with Gasteiger partial charge in [-0.1, -0.05) is 18.5 Å². The van der Waals surface area contributed by atoms with Crippen LogP contribution in [0.5, 0.6) is 0 Å². The highest BCUT2D eigenvalue weighted by Crippen LogP contribution is 2.13. The lowest BCUT2D eigenvalue weighted by molar-refractivity contribution is 0.0914. The molecule has 3 nitrogen and oxygen atoms in total. The topological polar surface area (TPSA) is 41.1 Å². The van der Waals surface area contributed by atoms with Crippen LogP contribution in [0, 0.1) is 5.92 Å². The Hall–Kier alpha value is -1.06. The van der Waals surface area contributed by atoms with E-state index in [0.29, 0.717) is 16.5 Å². The van der Waals surface area contributed by atoms with Crippen molar-refractivity contribution in [2.24, 2.45) is 5.92 Å². The molecule has 1 heterocycles. The summed E-state index contributed by atoms with van der Waals surface area (Å²) < 4.78 is 0. The van der Waals surface area contributed by atoms with E-state index in [1.54, 1.807) is 24.3 Å². The van der Waals surface area contributed by atoms with Crippen LogP contribution >= 0.6 is 11.6 Å². The zero-order valence-electron chi connectivity index (χ0n) is 9.87. The van der Waals surface area contributed by atoms with Gasteiger partial charge in [-0.2, -0.15) is 0 Å². The summed E-state index contributed by atoms with van der Waals surface area (Å²) in [6, 6.07) is 7.25. The number of carbonyl (C=O) groups is 1. The Morgan fingerprint density at radius 1 is 1.41 bits per heavy atom. The quantitative estimate of drug-likeness (QED) is 0.846. The van der Waals surface area contributed by atoms with Gasteiger partial charge in [0.05, 0.1) is 0 Å². The molecule has 0 spiro atoms. The maximum Gasteiger partial charge on any atom is 0.251 e. The van der Waals surface area contributed by atoms with Crippen LogP contribution in [0.15, 0.2) is 24.3 Å². The summed E-state index contributed by atoms with van der Waals surface area (Å²) >= 11 is 5.79. The Morgan fingerprint density at radius 2 is 2.12 bits per heavy atom. The first-order valence-corrected chi connectivity index (χ1v) is 6.32. The molecule has 1 amide bonds. The fourth-order valence-electron chi connectivity index (χ4n) is 2.08. The molecule has 0 bridgehead atoms. The summed E-state index contributed by atoms with van der Waals surface area (Å²) in [5, 5.41) is 7.05. The van der Waals surface area contributed by atoms with E-state index in [1.807, 2.05) is 0 Å². The number of rotatable bonds is 2. The SMILES string of the molecule is CC1CNCCC1NC(=O)c1ccc(Cl)cc1. The molecule has 0 aromatic heterocycles. The van der Waals surface area contributed by atoms with Crippen molar-refractivity contribution in [1.82, 2.24) is 10.6 Å². The standard InChI is InChI=1S/C13H17ClN2O/c1-9-8-15-7-6-12(9)16-13(17)10-2-4-11(14)5-3-10/h2-5,9,12,15H,6-8H2,1H3,(H,16,17). The molecule has 2 rings (SSSR count). The summed E-state index contributed by atoms with van der Waals surface area (Å²) in [4.78, 5) is 12.0. The minimum atomic E-state index is -0.0135. The van der Waals surface area contributed by atoms with Gasteiger partial charge in [0, 0.05) is 16.6 Å². The van der Waals surface area contributed by atoms with Crippen LogP contribution < -0.4 is 10.6 Å². The van der Waals surface area contributed by atoms with E-state index in [0.717, 1.165) is 19.5 Å². The molecule has 17 heavy (non-hydrogen) atoms. The lowest BCUT2D eigenvalue weighted by atomic mass is 9.95. The van der Waals surface area contributed by atoms with Crippen LogP contribution in [-0.2, 0) is 0 Å². The first-order chi connectivity index (χ1) is 8.16. The lowest BCUT2D eigenvalue weighted by Gasteiger charge is -2.30. The number of nitrogens with one attached hydrogen (secondary N) is 2. The molecular weight excluding hydrogens is 236 g/mol. The molecule has 2 N–H and O–H groups in total. The van der Waals surface area contributed by atoms with Gasteiger partial charge in [0.15, 0.2) is 0 Å². The Kier molecular flexibility index (Phi) is 4.02. The molecule has 2 atom stereocenters. The summed E-state index contributed by atoms with van der Waals surface area (Å²) in [6.07, 6.45) is 0.987. The molecule has 1 saturated heterocycles. The highest BCUT2D eigenvalue weighted by molar-refractivity contribution is 6.30. The minimum absolute atomic E-state index is 0.0135. The van der Waals surface area contributed by atoms with Crippen LogP contribution in [-0.4, -0.2) is 25.0 Å². The molecule has 1 aliphatic heterocycles. The second-order valence-electron chi connectivity index (χ2n) is 4.56. The number of hydrogen-bond acceptors (Lipinski definition) is 2. The van der Waals surface area contributed by atoms with Crippen molar-refractivity contribution in [3.63, 3.8) is 0 Å². The summed E-state index contributed by atoms with van der Waals surface area (Å²) in [5.41, 5.74) is 0.667. The van der Waals surface area contributed by atoms with Crippen LogP contribution in [0.1, 0.15) is 23.7 Å². The van der Waals surface area contributed by atoms with Crippen molar-refractivity contribution >= 4 is 17.5 Å². The molecule has 4 heteroatoms. The van der Waals surface area contributed by atoms with Gasteiger partial charge in [0.1, 0.15) is 0 Å². The average Bonchev–Trinajstić information content (AvgIpc) is 2.33. The van der Waals surface area contributed by atoms with Gasteiger partial charge in [-0.05, 0) is 49.7 Å². The van der Waals surface area contributed by atoms with Crippen molar-refractivity contribution in [3.05, 3.63) is 34.9 Å². The van der Waals surface area contributed by atoms with E-state index < -0.39 is 0 Å². The zero-order chi connectivity index (χ0) is 12.3. The highest BCUT2D eigenvalue weighted by Gasteiger charge is 2.22. The van der Waals surface area contributed by atoms with Crippen molar-refractivity contribution in [2.75, 3.05) is 13.1 Å². The number of hydrogen-bond donors (Lipinski definition) is 2. The maximum absolute atomic E-state index is 12.0. The summed E-state index contributed by atoms with van der Waals surface area (Å²) in [7, 11) is 0. The Bertz CT molecular complexity index is 391. The fourth-order valence-corrected chi connectivity index (χ4v) is 2.21. The van der Waals surface area contributed by atoms with E-state index in [1.165, 1.54) is 0 Å². The van der Waals surface area contributed by atoms with Crippen molar-refractivity contribution in [2.45, 2.75) is 19.4 Å². The predicted molar refractivity (Wildman–Crippen MR) is 69.4 cm³/mol. The normalized spacial score (nSPS) is 24.4. The molecule has 1 aliphatic rings. The second-order valence-corrected chi connectivity index (χ2v) is 4.99. The molecule has 2 unspecified atom stereocenters. The lowest BCUT2D eigenvalue weighted by Crippen LogP contribution is -2.48. The third kappa shape index (κ3) is 3.20. The fraction of sp³-hybridized carbons (Fsp3) is 0.462. The molecule has 0 saturated carbocycles. The van der Waals surface area contributed by atoms with Gasteiger partial charge in [-0.15, -0.1) is 0 Å². The monoisotopic (exact) mass is 252 g/mol. The van der Waals surface area contributed by atoms with E-state index in [9.17, 15) is 4.79 Å². The van der Waals surface area contributed by atoms with Gasteiger partial charge in [0.2, 0.25) is 0 Å². The molecule has 1 aromatic rings. The molecule has 92 valence electrons. The highest BCUT2D eigenvalue weighted by atomic mass is 35.5. The Labute approximate surface area is 107 Å². The van der Waals surface area contributed by atoms with E-state index in [4.69, 9.17) is 11.6 Å². The Balaban J connectivity index is 1.98. The number of carbonyl (C=O) groups excluding carboxylic acids is 1. The molecule has 0 radical (unpaired) electrons. The van der Waals surface area contributed by atoms with Crippen LogP contribution in [0.4, 0.5) is 0 Å². The van der Waals surface area contributed by atoms with Crippen molar-refractivity contribution in [3.8, 4) is 0 Å². The van der Waals surface area contributed by atoms with E-state index in [-0.39, 0.29) is 11.9 Å². The van der Waals surface area contributed by atoms with Gasteiger partial charge in [-0.3, -0.25) is 4.79 Å². The zero-order valence-corrected chi connectivity index (χ0v) is 10.6. The van der Waals surface area contributed by atoms with Gasteiger partial charge >= 0.3 is 0 Å². The largest absolute Gasteiger partial charge is 0.349 e. The molecule has 0 aliphatic carbocycles. The first kappa shape index (κ1) is 12.4. The molecule has 1 aromatic carbocycles. The molecular formula is C13H17ClN2O. The minimum Gasteiger partial charge on any atom is -0.349 e. The van der Waals surface area contributed by atoms with Gasteiger partial charge in [-0.25, -0.2) is 0 Å². The third-order valence-electron chi connectivity index (χ3n) is 3.21. The Morgan fingerprint density at radius 3 is 2.76 bits per heavy atom. The summed E-state index contributed by atoms with van der Waals surface area (Å²) in [5.74, 6) is 0.459. The van der Waals surface area contributed by atoms with Crippen LogP contribution in [0.3, 0.4) is 0 Å². The van der Waals surface area contributed by atoms with Gasteiger partial charge in [0.25, 0.3) is 5.91 Å². The smallest absolute Gasteiger partial charge is 0.251 e. The predicted octanol–water partition coefficient (Wildman–Crippen LogP) is 2.07. The molecule has 1 fully saturated rings. The van der Waals surface area contributed by atoms with Crippen LogP contribution in [0.25, 0.3) is 0 Å². The number of piperidine rings is 1. The number of benzene rings is 1.